The zero-order chi connectivity index (χ0) is 28.9. The fraction of sp³-hybridized carbons (Fsp3) is 0.323. The number of methoxy groups -OCH3 is 1. The van der Waals surface area contributed by atoms with Crippen LogP contribution in [0.3, 0.4) is 0 Å². The number of benzene rings is 3. The summed E-state index contributed by atoms with van der Waals surface area (Å²) in [5.74, 6) is -1.70. The van der Waals surface area contributed by atoms with Gasteiger partial charge in [-0.2, -0.15) is 0 Å². The molecule has 6 nitrogen and oxygen atoms in total. The maximum absolute atomic E-state index is 14.8. The molecule has 1 fully saturated rings. The number of ether oxygens (including phenoxy) is 3. The van der Waals surface area contributed by atoms with Gasteiger partial charge in [0.15, 0.2) is 17.4 Å². The van der Waals surface area contributed by atoms with Crippen molar-refractivity contribution in [1.29, 1.82) is 0 Å². The highest BCUT2D eigenvalue weighted by Gasteiger charge is 2.36. The SMILES string of the molecule is COc1ccc(F)c(C(NC(=O)C2=C(c3ccc(OCCOc4c(F)ccc(Cl)c4F)cc3)CCNC2)C2CC2)c1. The molecule has 0 bridgehead atoms. The van der Waals surface area contributed by atoms with Gasteiger partial charge >= 0.3 is 0 Å². The van der Waals surface area contributed by atoms with E-state index in [0.717, 1.165) is 42.7 Å². The second-order valence-electron chi connectivity index (χ2n) is 9.95. The van der Waals surface area contributed by atoms with Crippen molar-refractivity contribution in [3.63, 3.8) is 0 Å². The number of carbonyl (C=O) groups excluding carboxylic acids is 1. The third-order valence-corrected chi connectivity index (χ3v) is 7.51. The average Bonchev–Trinajstić information content (AvgIpc) is 3.84. The van der Waals surface area contributed by atoms with Crippen LogP contribution in [-0.2, 0) is 4.79 Å². The number of hydrogen-bond acceptors (Lipinski definition) is 5. The van der Waals surface area contributed by atoms with Gasteiger partial charge in [-0.15, -0.1) is 0 Å². The van der Waals surface area contributed by atoms with Crippen LogP contribution in [0.25, 0.3) is 5.57 Å². The molecule has 1 saturated carbocycles. The lowest BCUT2D eigenvalue weighted by Crippen LogP contribution is -2.37. The van der Waals surface area contributed by atoms with Crippen molar-refractivity contribution in [2.75, 3.05) is 33.4 Å². The molecule has 2 N–H and O–H groups in total. The smallest absolute Gasteiger partial charge is 0.249 e. The van der Waals surface area contributed by atoms with Gasteiger partial charge in [0, 0.05) is 17.7 Å². The Labute approximate surface area is 241 Å². The molecule has 1 heterocycles. The summed E-state index contributed by atoms with van der Waals surface area (Å²) in [5, 5.41) is 6.13. The summed E-state index contributed by atoms with van der Waals surface area (Å²) in [7, 11) is 1.53. The summed E-state index contributed by atoms with van der Waals surface area (Å²) in [6.07, 6.45) is 2.48. The minimum Gasteiger partial charge on any atom is -0.497 e. The predicted molar refractivity (Wildman–Crippen MR) is 150 cm³/mol. The maximum atomic E-state index is 14.8. The Balaban J connectivity index is 1.25. The van der Waals surface area contributed by atoms with E-state index >= 15 is 0 Å². The molecule has 0 aromatic heterocycles. The summed E-state index contributed by atoms with van der Waals surface area (Å²) in [6, 6.07) is 13.5. The van der Waals surface area contributed by atoms with Crippen LogP contribution in [0.5, 0.6) is 17.2 Å². The molecule has 3 aromatic carbocycles. The third kappa shape index (κ3) is 6.80. The topological polar surface area (TPSA) is 68.8 Å². The Morgan fingerprint density at radius 3 is 2.44 bits per heavy atom. The largest absolute Gasteiger partial charge is 0.497 e. The average molecular weight is 587 g/mol. The van der Waals surface area contributed by atoms with Gasteiger partial charge in [-0.05, 0) is 85.3 Å². The number of nitrogens with one attached hydrogen (secondary N) is 2. The Morgan fingerprint density at radius 1 is 1.00 bits per heavy atom. The van der Waals surface area contributed by atoms with Gasteiger partial charge in [0.1, 0.15) is 30.5 Å². The van der Waals surface area contributed by atoms with Crippen molar-refractivity contribution in [3.05, 3.63) is 93.8 Å². The normalized spacial score (nSPS) is 15.8. The first-order valence-electron chi connectivity index (χ1n) is 13.4. The van der Waals surface area contributed by atoms with Crippen molar-refractivity contribution in [2.45, 2.75) is 25.3 Å². The molecule has 3 aromatic rings. The lowest BCUT2D eigenvalue weighted by molar-refractivity contribution is -0.118. The van der Waals surface area contributed by atoms with Crippen LogP contribution in [0.1, 0.15) is 36.4 Å². The number of hydrogen-bond donors (Lipinski definition) is 2. The van der Waals surface area contributed by atoms with Crippen LogP contribution >= 0.6 is 11.6 Å². The Kier molecular flexibility index (Phi) is 9.05. The van der Waals surface area contributed by atoms with Crippen LogP contribution in [0.15, 0.2) is 60.2 Å². The molecule has 2 aliphatic rings. The van der Waals surface area contributed by atoms with Crippen molar-refractivity contribution >= 4 is 23.1 Å². The molecule has 1 aliphatic heterocycles. The summed E-state index contributed by atoms with van der Waals surface area (Å²) in [5.41, 5.74) is 2.82. The summed E-state index contributed by atoms with van der Waals surface area (Å²) < 4.78 is 58.7. The number of halogens is 4. The molecule has 10 heteroatoms. The van der Waals surface area contributed by atoms with E-state index in [0.29, 0.717) is 35.6 Å². The molecule has 41 heavy (non-hydrogen) atoms. The van der Waals surface area contributed by atoms with Crippen LogP contribution in [-0.4, -0.2) is 39.3 Å². The molecule has 1 unspecified atom stereocenters. The summed E-state index contributed by atoms with van der Waals surface area (Å²) in [4.78, 5) is 13.5. The Morgan fingerprint density at radius 2 is 1.71 bits per heavy atom. The van der Waals surface area contributed by atoms with Gasteiger partial charge in [0.2, 0.25) is 5.91 Å². The number of amides is 1. The maximum Gasteiger partial charge on any atom is 0.249 e. The van der Waals surface area contributed by atoms with E-state index in [-0.39, 0.29) is 35.9 Å². The summed E-state index contributed by atoms with van der Waals surface area (Å²) in [6.45, 7) is 1.07. The van der Waals surface area contributed by atoms with Crippen molar-refractivity contribution < 1.29 is 32.2 Å². The van der Waals surface area contributed by atoms with E-state index in [1.165, 1.54) is 13.2 Å². The molecular weight excluding hydrogens is 557 g/mol. The second-order valence-corrected chi connectivity index (χ2v) is 10.4. The molecule has 0 saturated heterocycles. The molecule has 5 rings (SSSR count). The predicted octanol–water partition coefficient (Wildman–Crippen LogP) is 6.24. The quantitative estimate of drug-likeness (QED) is 0.206. The molecule has 1 atom stereocenters. The van der Waals surface area contributed by atoms with Crippen LogP contribution in [0.2, 0.25) is 5.02 Å². The van der Waals surface area contributed by atoms with E-state index in [4.69, 9.17) is 25.8 Å². The van der Waals surface area contributed by atoms with E-state index < -0.39 is 23.4 Å². The molecule has 216 valence electrons. The monoisotopic (exact) mass is 586 g/mol. The Bertz CT molecular complexity index is 1440. The molecule has 1 amide bonds. The Hall–Kier alpha value is -3.69. The summed E-state index contributed by atoms with van der Waals surface area (Å²) >= 11 is 5.68. The highest BCUT2D eigenvalue weighted by atomic mass is 35.5. The van der Waals surface area contributed by atoms with Gasteiger partial charge in [0.05, 0.1) is 18.2 Å². The number of rotatable bonds is 11. The third-order valence-electron chi connectivity index (χ3n) is 7.21. The van der Waals surface area contributed by atoms with Gasteiger partial charge in [0.25, 0.3) is 0 Å². The fourth-order valence-corrected chi connectivity index (χ4v) is 5.06. The second kappa shape index (κ2) is 12.9. The zero-order valence-corrected chi connectivity index (χ0v) is 23.2. The lowest BCUT2D eigenvalue weighted by atomic mass is 9.93. The number of carbonyl (C=O) groups is 1. The molecular formula is C31H30ClF3N2O4. The fourth-order valence-electron chi connectivity index (χ4n) is 4.91. The first kappa shape index (κ1) is 28.8. The first-order valence-corrected chi connectivity index (χ1v) is 13.8. The lowest BCUT2D eigenvalue weighted by Gasteiger charge is -2.25. The van der Waals surface area contributed by atoms with Gasteiger partial charge in [-0.1, -0.05) is 23.7 Å². The van der Waals surface area contributed by atoms with Crippen LogP contribution < -0.4 is 24.8 Å². The van der Waals surface area contributed by atoms with E-state index in [1.54, 1.807) is 24.3 Å². The van der Waals surface area contributed by atoms with E-state index in [9.17, 15) is 18.0 Å². The van der Waals surface area contributed by atoms with Gasteiger partial charge in [-0.3, -0.25) is 4.79 Å². The minimum absolute atomic E-state index is 0.0500. The molecule has 0 spiro atoms. The standard InChI is InChI=1S/C31H30ClF3N2O4/c1-39-21-8-10-26(33)23(16-21)29(19-2-3-19)37-31(38)24-17-36-13-12-22(24)18-4-6-20(7-5-18)40-14-15-41-30-27(34)11-9-25(32)28(30)35/h4-11,16,19,29,36H,2-3,12-15,17H2,1H3,(H,37,38). The molecule has 1 aliphatic carbocycles. The van der Waals surface area contributed by atoms with Gasteiger partial charge in [-0.25, -0.2) is 13.2 Å². The van der Waals surface area contributed by atoms with Gasteiger partial charge < -0.3 is 24.8 Å². The minimum atomic E-state index is -0.955. The highest BCUT2D eigenvalue weighted by Crippen LogP contribution is 2.43. The molecule has 0 radical (unpaired) electrons. The zero-order valence-electron chi connectivity index (χ0n) is 22.4. The van der Waals surface area contributed by atoms with Crippen molar-refractivity contribution in [1.82, 2.24) is 10.6 Å². The van der Waals surface area contributed by atoms with E-state index in [1.807, 2.05) is 12.1 Å². The van der Waals surface area contributed by atoms with Crippen LogP contribution in [0, 0.1) is 23.4 Å². The van der Waals surface area contributed by atoms with Crippen molar-refractivity contribution in [3.8, 4) is 17.2 Å². The highest BCUT2D eigenvalue weighted by molar-refractivity contribution is 6.30. The first-order chi connectivity index (χ1) is 19.9. The van der Waals surface area contributed by atoms with Crippen molar-refractivity contribution in [2.24, 2.45) is 5.92 Å². The van der Waals surface area contributed by atoms with E-state index in [2.05, 4.69) is 10.6 Å². The van der Waals surface area contributed by atoms with Crippen LogP contribution in [0.4, 0.5) is 13.2 Å².